The Bertz CT molecular complexity index is 1020. The maximum atomic E-state index is 13.6. The molecule has 0 bridgehead atoms. The van der Waals surface area contributed by atoms with Gasteiger partial charge in [-0.05, 0) is 31.0 Å². The standard InChI is InChI=1S/C24H26N2O4/c1-16-8-9-19(17(2)14-16)21-22(25-10-12-30-13-11-25)24(28)26(23(21)27)15-18-6-4-5-7-20(18)29-3/h4-9,14H,10-13,15H2,1-3H3. The van der Waals surface area contributed by atoms with E-state index in [1.165, 1.54) is 4.90 Å². The molecule has 1 saturated heterocycles. The molecule has 0 radical (unpaired) electrons. The molecule has 2 amide bonds. The van der Waals surface area contributed by atoms with Crippen LogP contribution in [0, 0.1) is 13.8 Å². The van der Waals surface area contributed by atoms with E-state index in [1.54, 1.807) is 7.11 Å². The average molecular weight is 406 g/mol. The number of hydrogen-bond acceptors (Lipinski definition) is 5. The van der Waals surface area contributed by atoms with Gasteiger partial charge in [-0.25, -0.2) is 0 Å². The number of benzene rings is 2. The van der Waals surface area contributed by atoms with Gasteiger partial charge in [-0.3, -0.25) is 14.5 Å². The highest BCUT2D eigenvalue weighted by Crippen LogP contribution is 2.35. The average Bonchev–Trinajstić information content (AvgIpc) is 2.99. The van der Waals surface area contributed by atoms with Crippen molar-refractivity contribution in [2.24, 2.45) is 0 Å². The first-order valence-corrected chi connectivity index (χ1v) is 10.1. The first kappa shape index (κ1) is 20.2. The molecule has 6 heteroatoms. The number of hydrogen-bond donors (Lipinski definition) is 0. The Balaban J connectivity index is 1.77. The summed E-state index contributed by atoms with van der Waals surface area (Å²) in [5.41, 5.74) is 4.66. The molecule has 4 rings (SSSR count). The summed E-state index contributed by atoms with van der Waals surface area (Å²) in [5.74, 6) is 0.133. The number of amides is 2. The van der Waals surface area contributed by atoms with E-state index in [1.807, 2.05) is 61.2 Å². The smallest absolute Gasteiger partial charge is 0.278 e. The summed E-state index contributed by atoms with van der Waals surface area (Å²) < 4.78 is 10.9. The van der Waals surface area contributed by atoms with Gasteiger partial charge in [-0.2, -0.15) is 0 Å². The summed E-state index contributed by atoms with van der Waals surface area (Å²) in [5, 5.41) is 0. The highest BCUT2D eigenvalue weighted by Gasteiger charge is 2.42. The predicted molar refractivity (Wildman–Crippen MR) is 114 cm³/mol. The van der Waals surface area contributed by atoms with Crippen LogP contribution in [-0.2, 0) is 20.9 Å². The molecular formula is C24H26N2O4. The molecule has 0 unspecified atom stereocenters. The van der Waals surface area contributed by atoms with Gasteiger partial charge in [-0.1, -0.05) is 42.0 Å². The Labute approximate surface area is 176 Å². The second-order valence-corrected chi connectivity index (χ2v) is 7.65. The van der Waals surface area contributed by atoms with Crippen LogP contribution >= 0.6 is 0 Å². The van der Waals surface area contributed by atoms with Crippen molar-refractivity contribution >= 4 is 17.4 Å². The molecule has 2 aliphatic heterocycles. The molecule has 0 saturated carbocycles. The first-order chi connectivity index (χ1) is 14.5. The molecule has 1 fully saturated rings. The van der Waals surface area contributed by atoms with Crippen LogP contribution in [0.1, 0.15) is 22.3 Å². The van der Waals surface area contributed by atoms with Crippen LogP contribution in [-0.4, -0.2) is 55.0 Å². The summed E-state index contributed by atoms with van der Waals surface area (Å²) in [6, 6.07) is 13.4. The molecule has 30 heavy (non-hydrogen) atoms. The number of morpholine rings is 1. The van der Waals surface area contributed by atoms with Crippen molar-refractivity contribution in [1.29, 1.82) is 0 Å². The second-order valence-electron chi connectivity index (χ2n) is 7.65. The minimum absolute atomic E-state index is 0.171. The van der Waals surface area contributed by atoms with E-state index in [-0.39, 0.29) is 18.4 Å². The second kappa shape index (κ2) is 8.32. The topological polar surface area (TPSA) is 59.1 Å². The minimum Gasteiger partial charge on any atom is -0.496 e. The van der Waals surface area contributed by atoms with Crippen molar-refractivity contribution in [2.75, 3.05) is 33.4 Å². The summed E-state index contributed by atoms with van der Waals surface area (Å²) in [4.78, 5) is 30.4. The molecule has 2 aliphatic rings. The third-order valence-electron chi connectivity index (χ3n) is 5.64. The normalized spacial score (nSPS) is 17.2. The Morgan fingerprint density at radius 2 is 1.73 bits per heavy atom. The number of aryl methyl sites for hydroxylation is 2. The third-order valence-corrected chi connectivity index (χ3v) is 5.64. The maximum Gasteiger partial charge on any atom is 0.278 e. The van der Waals surface area contributed by atoms with Crippen LogP contribution in [0.4, 0.5) is 0 Å². The minimum atomic E-state index is -0.264. The molecule has 2 aromatic carbocycles. The van der Waals surface area contributed by atoms with Crippen LogP contribution < -0.4 is 4.74 Å². The number of para-hydroxylation sites is 1. The van der Waals surface area contributed by atoms with Crippen molar-refractivity contribution in [3.05, 3.63) is 70.4 Å². The molecular weight excluding hydrogens is 380 g/mol. The molecule has 0 aromatic heterocycles. The molecule has 0 N–H and O–H groups in total. The molecule has 2 heterocycles. The number of carbonyl (C=O) groups excluding carboxylic acids is 2. The zero-order valence-electron chi connectivity index (χ0n) is 17.6. The van der Waals surface area contributed by atoms with Gasteiger partial charge in [0.05, 0.1) is 32.4 Å². The third kappa shape index (κ3) is 3.59. The lowest BCUT2D eigenvalue weighted by Crippen LogP contribution is -2.40. The van der Waals surface area contributed by atoms with Crippen molar-refractivity contribution in [3.63, 3.8) is 0 Å². The number of rotatable bonds is 5. The summed E-state index contributed by atoms with van der Waals surface area (Å²) in [6.07, 6.45) is 0. The van der Waals surface area contributed by atoms with Crippen molar-refractivity contribution < 1.29 is 19.1 Å². The van der Waals surface area contributed by atoms with Crippen LogP contribution in [0.3, 0.4) is 0 Å². The van der Waals surface area contributed by atoms with E-state index in [4.69, 9.17) is 9.47 Å². The number of ether oxygens (including phenoxy) is 2. The molecule has 0 aliphatic carbocycles. The molecule has 0 atom stereocenters. The van der Waals surface area contributed by atoms with Crippen molar-refractivity contribution in [2.45, 2.75) is 20.4 Å². The molecule has 156 valence electrons. The van der Waals surface area contributed by atoms with Gasteiger partial charge in [0.2, 0.25) is 0 Å². The highest BCUT2D eigenvalue weighted by atomic mass is 16.5. The van der Waals surface area contributed by atoms with E-state index in [2.05, 4.69) is 0 Å². The first-order valence-electron chi connectivity index (χ1n) is 10.1. The Hall–Kier alpha value is -3.12. The zero-order valence-corrected chi connectivity index (χ0v) is 17.6. The lowest BCUT2D eigenvalue weighted by molar-refractivity contribution is -0.138. The highest BCUT2D eigenvalue weighted by molar-refractivity contribution is 6.35. The molecule has 6 nitrogen and oxygen atoms in total. The molecule has 2 aromatic rings. The largest absolute Gasteiger partial charge is 0.496 e. The number of imide groups is 1. The lowest BCUT2D eigenvalue weighted by atomic mass is 9.97. The predicted octanol–water partition coefficient (Wildman–Crippen LogP) is 2.92. The summed E-state index contributed by atoms with van der Waals surface area (Å²) >= 11 is 0. The fourth-order valence-electron chi connectivity index (χ4n) is 4.13. The fourth-order valence-corrected chi connectivity index (χ4v) is 4.13. The van der Waals surface area contributed by atoms with Gasteiger partial charge in [-0.15, -0.1) is 0 Å². The van der Waals surface area contributed by atoms with Gasteiger partial charge >= 0.3 is 0 Å². The Kier molecular flexibility index (Phi) is 5.59. The lowest BCUT2D eigenvalue weighted by Gasteiger charge is -2.29. The van der Waals surface area contributed by atoms with E-state index in [9.17, 15) is 9.59 Å². The summed E-state index contributed by atoms with van der Waals surface area (Å²) in [7, 11) is 1.59. The van der Waals surface area contributed by atoms with Gasteiger partial charge in [0.25, 0.3) is 11.8 Å². The van der Waals surface area contributed by atoms with E-state index in [0.29, 0.717) is 43.3 Å². The zero-order chi connectivity index (χ0) is 21.3. The SMILES string of the molecule is COc1ccccc1CN1C(=O)C(c2ccc(C)cc2C)=C(N2CCOCC2)C1=O. The fraction of sp³-hybridized carbons (Fsp3) is 0.333. The van der Waals surface area contributed by atoms with Crippen LogP contribution in [0.5, 0.6) is 5.75 Å². The van der Waals surface area contributed by atoms with Crippen LogP contribution in [0.15, 0.2) is 48.2 Å². The quantitative estimate of drug-likeness (QED) is 0.715. The van der Waals surface area contributed by atoms with Gasteiger partial charge in [0, 0.05) is 18.7 Å². The summed E-state index contributed by atoms with van der Waals surface area (Å²) in [6.45, 7) is 6.42. The van der Waals surface area contributed by atoms with E-state index >= 15 is 0 Å². The van der Waals surface area contributed by atoms with Crippen molar-refractivity contribution in [3.8, 4) is 5.75 Å². The van der Waals surface area contributed by atoms with Gasteiger partial charge in [0.1, 0.15) is 11.4 Å². The van der Waals surface area contributed by atoms with Gasteiger partial charge in [0.15, 0.2) is 0 Å². The molecule has 0 spiro atoms. The van der Waals surface area contributed by atoms with Crippen molar-refractivity contribution in [1.82, 2.24) is 9.80 Å². The Morgan fingerprint density at radius 3 is 2.43 bits per heavy atom. The van der Waals surface area contributed by atoms with Crippen LogP contribution in [0.2, 0.25) is 0 Å². The number of methoxy groups -OCH3 is 1. The number of nitrogens with zero attached hydrogens (tertiary/aromatic N) is 2. The van der Waals surface area contributed by atoms with Gasteiger partial charge < -0.3 is 14.4 Å². The monoisotopic (exact) mass is 406 g/mol. The Morgan fingerprint density at radius 1 is 1.00 bits per heavy atom. The van der Waals surface area contributed by atoms with Crippen LogP contribution in [0.25, 0.3) is 5.57 Å². The maximum absolute atomic E-state index is 13.6. The number of carbonyl (C=O) groups is 2. The van der Waals surface area contributed by atoms with E-state index in [0.717, 1.165) is 22.3 Å². The van der Waals surface area contributed by atoms with E-state index < -0.39 is 0 Å².